The fourth-order valence-electron chi connectivity index (χ4n) is 1.73. The molecular weight excluding hydrogens is 329 g/mol. The maximum atomic E-state index is 5.99. The molecule has 0 aliphatic heterocycles. The Balaban J connectivity index is 2.23. The number of aromatic nitrogens is 4. The fourth-order valence-corrected chi connectivity index (χ4v) is 2.06. The van der Waals surface area contributed by atoms with Gasteiger partial charge in [-0.05, 0) is 41.6 Å². The van der Waals surface area contributed by atoms with Gasteiger partial charge in [0.1, 0.15) is 5.82 Å². The van der Waals surface area contributed by atoms with Gasteiger partial charge in [0.05, 0.1) is 20.3 Å². The van der Waals surface area contributed by atoms with Crippen LogP contribution < -0.4 is 5.73 Å². The lowest BCUT2D eigenvalue weighted by molar-refractivity contribution is 0.825. The molecule has 2 aromatic heterocycles. The van der Waals surface area contributed by atoms with Crippen LogP contribution in [0.3, 0.4) is 0 Å². The zero-order valence-corrected chi connectivity index (χ0v) is 11.3. The number of nitrogens with zero attached hydrogens (tertiary/aromatic N) is 3. The van der Waals surface area contributed by atoms with Gasteiger partial charge in [-0.1, -0.05) is 12.1 Å². The third kappa shape index (κ3) is 1.59. The molecule has 5 nitrogen and oxygen atoms in total. The van der Waals surface area contributed by atoms with Gasteiger partial charge < -0.3 is 10.7 Å². The lowest BCUT2D eigenvalue weighted by Crippen LogP contribution is -2.04. The predicted molar refractivity (Wildman–Crippen MR) is 75.1 cm³/mol. The maximum Gasteiger partial charge on any atom is 0.231 e. The largest absolute Gasteiger partial charge is 0.383 e. The van der Waals surface area contributed by atoms with Crippen molar-refractivity contribution in [1.29, 1.82) is 0 Å². The number of fused-ring (bicyclic) bond motifs is 1. The van der Waals surface area contributed by atoms with Gasteiger partial charge in [0.2, 0.25) is 5.95 Å². The number of rotatable bonds is 1. The number of anilines is 1. The Bertz CT molecular complexity index is 664. The Labute approximate surface area is 111 Å². The Hall–Kier alpha value is -1.57. The van der Waals surface area contributed by atoms with Crippen molar-refractivity contribution in [2.45, 2.75) is 6.92 Å². The number of nitrogen functional groups attached to an aromatic ring is 1. The van der Waals surface area contributed by atoms with Crippen molar-refractivity contribution in [2.24, 2.45) is 0 Å². The SMILES string of the molecule is Cc1nn(-c2nc3ccccc3[nH]2)c(N)c1I. The minimum absolute atomic E-state index is 0.613. The number of nitrogens with two attached hydrogens (primary N) is 1. The van der Waals surface area contributed by atoms with E-state index < -0.39 is 0 Å². The average molecular weight is 339 g/mol. The lowest BCUT2D eigenvalue weighted by Gasteiger charge is -1.97. The van der Waals surface area contributed by atoms with Crippen molar-refractivity contribution < 1.29 is 0 Å². The topological polar surface area (TPSA) is 72.5 Å². The molecule has 0 atom stereocenters. The van der Waals surface area contributed by atoms with Crippen molar-refractivity contribution in [3.05, 3.63) is 33.5 Å². The van der Waals surface area contributed by atoms with E-state index >= 15 is 0 Å². The third-order valence-electron chi connectivity index (χ3n) is 2.60. The van der Waals surface area contributed by atoms with Crippen LogP contribution >= 0.6 is 22.6 Å². The maximum absolute atomic E-state index is 5.99. The summed E-state index contributed by atoms with van der Waals surface area (Å²) < 4.78 is 2.60. The molecule has 0 unspecified atom stereocenters. The number of hydrogen-bond acceptors (Lipinski definition) is 3. The first-order chi connectivity index (χ1) is 8.16. The number of halogens is 1. The molecule has 1 aromatic carbocycles. The van der Waals surface area contributed by atoms with E-state index in [-0.39, 0.29) is 0 Å². The number of H-pyrrole nitrogens is 1. The molecule has 86 valence electrons. The van der Waals surface area contributed by atoms with Crippen LogP contribution in [0.5, 0.6) is 0 Å². The standard InChI is InChI=1S/C11H10IN5/c1-6-9(12)10(13)17(16-6)11-14-7-4-2-3-5-8(7)15-11/h2-5H,13H2,1H3,(H,14,15). The Morgan fingerprint density at radius 3 is 2.76 bits per heavy atom. The molecule has 0 bridgehead atoms. The molecule has 3 aromatic rings. The monoisotopic (exact) mass is 339 g/mol. The summed E-state index contributed by atoms with van der Waals surface area (Å²) in [5, 5.41) is 4.37. The number of aryl methyl sites for hydroxylation is 1. The molecule has 17 heavy (non-hydrogen) atoms. The summed E-state index contributed by atoms with van der Waals surface area (Å²) in [6.45, 7) is 1.93. The molecule has 6 heteroatoms. The van der Waals surface area contributed by atoms with Crippen LogP contribution in [0.15, 0.2) is 24.3 Å². The van der Waals surface area contributed by atoms with Gasteiger partial charge in [-0.3, -0.25) is 0 Å². The average Bonchev–Trinajstić information content (AvgIpc) is 2.86. The van der Waals surface area contributed by atoms with Gasteiger partial charge in [-0.2, -0.15) is 9.78 Å². The normalized spacial score (nSPS) is 11.2. The van der Waals surface area contributed by atoms with Crippen LogP contribution in [0.2, 0.25) is 0 Å². The lowest BCUT2D eigenvalue weighted by atomic mass is 10.3. The predicted octanol–water partition coefficient (Wildman–Crippen LogP) is 2.24. The van der Waals surface area contributed by atoms with Gasteiger partial charge in [-0.25, -0.2) is 4.98 Å². The third-order valence-corrected chi connectivity index (χ3v) is 3.93. The second-order valence-corrected chi connectivity index (χ2v) is 4.85. The molecule has 0 amide bonds. The summed E-state index contributed by atoms with van der Waals surface area (Å²) in [6, 6.07) is 7.84. The first-order valence-electron chi connectivity index (χ1n) is 5.12. The Kier molecular flexibility index (Phi) is 2.32. The Morgan fingerprint density at radius 1 is 1.35 bits per heavy atom. The van der Waals surface area contributed by atoms with E-state index in [1.807, 2.05) is 31.2 Å². The Morgan fingerprint density at radius 2 is 2.12 bits per heavy atom. The van der Waals surface area contributed by atoms with E-state index in [0.717, 1.165) is 20.3 Å². The first kappa shape index (κ1) is 10.6. The summed E-state index contributed by atoms with van der Waals surface area (Å²) in [6.07, 6.45) is 0. The minimum Gasteiger partial charge on any atom is -0.383 e. The molecule has 0 aliphatic carbocycles. The van der Waals surface area contributed by atoms with Crippen LogP contribution in [-0.2, 0) is 0 Å². The van der Waals surface area contributed by atoms with Crippen molar-refractivity contribution in [3.8, 4) is 5.95 Å². The number of benzene rings is 1. The zero-order chi connectivity index (χ0) is 12.0. The highest BCUT2D eigenvalue weighted by Gasteiger charge is 2.13. The summed E-state index contributed by atoms with van der Waals surface area (Å²) in [5.41, 5.74) is 8.78. The highest BCUT2D eigenvalue weighted by Crippen LogP contribution is 2.22. The van der Waals surface area contributed by atoms with Gasteiger partial charge in [0.15, 0.2) is 0 Å². The number of hydrogen-bond donors (Lipinski definition) is 2. The number of aromatic amines is 1. The highest BCUT2D eigenvalue weighted by atomic mass is 127. The zero-order valence-electron chi connectivity index (χ0n) is 9.11. The minimum atomic E-state index is 0.613. The van der Waals surface area contributed by atoms with Crippen molar-refractivity contribution in [1.82, 2.24) is 19.7 Å². The van der Waals surface area contributed by atoms with Crippen molar-refractivity contribution >= 4 is 39.4 Å². The molecule has 0 radical (unpaired) electrons. The summed E-state index contributed by atoms with van der Waals surface area (Å²) in [5.74, 6) is 1.26. The van der Waals surface area contributed by atoms with Crippen LogP contribution in [0.1, 0.15) is 5.69 Å². The van der Waals surface area contributed by atoms with Gasteiger partial charge in [0.25, 0.3) is 0 Å². The fraction of sp³-hybridized carbons (Fsp3) is 0.0909. The second-order valence-electron chi connectivity index (χ2n) is 3.77. The van der Waals surface area contributed by atoms with E-state index in [1.54, 1.807) is 4.68 Å². The molecule has 3 rings (SSSR count). The van der Waals surface area contributed by atoms with Crippen LogP contribution in [-0.4, -0.2) is 19.7 Å². The van der Waals surface area contributed by atoms with Crippen molar-refractivity contribution in [3.63, 3.8) is 0 Å². The van der Waals surface area contributed by atoms with Crippen molar-refractivity contribution in [2.75, 3.05) is 5.73 Å². The summed E-state index contributed by atoms with van der Waals surface area (Å²) in [7, 11) is 0. The molecule has 2 heterocycles. The highest BCUT2D eigenvalue weighted by molar-refractivity contribution is 14.1. The first-order valence-corrected chi connectivity index (χ1v) is 6.20. The molecular formula is C11H10IN5. The van der Waals surface area contributed by atoms with Crippen LogP contribution in [0.4, 0.5) is 5.82 Å². The van der Waals surface area contributed by atoms with E-state index in [9.17, 15) is 0 Å². The second kappa shape index (κ2) is 3.73. The molecule has 0 spiro atoms. The quantitative estimate of drug-likeness (QED) is 0.668. The van der Waals surface area contributed by atoms with Gasteiger partial charge >= 0.3 is 0 Å². The molecule has 0 aliphatic rings. The van der Waals surface area contributed by atoms with E-state index in [0.29, 0.717) is 11.8 Å². The van der Waals surface area contributed by atoms with Crippen LogP contribution in [0.25, 0.3) is 17.0 Å². The van der Waals surface area contributed by atoms with E-state index in [1.165, 1.54) is 0 Å². The summed E-state index contributed by atoms with van der Waals surface area (Å²) >= 11 is 2.18. The smallest absolute Gasteiger partial charge is 0.231 e. The molecule has 0 fully saturated rings. The number of nitrogens with one attached hydrogen (secondary N) is 1. The number of para-hydroxylation sites is 2. The van der Waals surface area contributed by atoms with Crippen LogP contribution in [0, 0.1) is 10.5 Å². The van der Waals surface area contributed by atoms with Gasteiger partial charge in [0, 0.05) is 0 Å². The molecule has 3 N–H and O–H groups in total. The molecule has 0 saturated heterocycles. The van der Waals surface area contributed by atoms with E-state index in [2.05, 4.69) is 37.7 Å². The number of imidazole rings is 1. The summed E-state index contributed by atoms with van der Waals surface area (Å²) in [4.78, 5) is 7.66. The van der Waals surface area contributed by atoms with E-state index in [4.69, 9.17) is 5.73 Å². The van der Waals surface area contributed by atoms with Gasteiger partial charge in [-0.15, -0.1) is 0 Å². The molecule has 0 saturated carbocycles.